The highest BCUT2D eigenvalue weighted by Crippen LogP contribution is 2.10. The van der Waals surface area contributed by atoms with Crippen molar-refractivity contribution >= 4 is 35.7 Å². The van der Waals surface area contributed by atoms with E-state index in [1.54, 1.807) is 14.1 Å². The van der Waals surface area contributed by atoms with Gasteiger partial charge in [-0.25, -0.2) is 0 Å². The van der Waals surface area contributed by atoms with Crippen molar-refractivity contribution in [3.63, 3.8) is 0 Å². The molecule has 0 aliphatic heterocycles. The fourth-order valence-corrected chi connectivity index (χ4v) is 4.16. The van der Waals surface area contributed by atoms with E-state index in [0.717, 1.165) is 52.1 Å². The quantitative estimate of drug-likeness (QED) is 0.0823. The Morgan fingerprint density at radius 2 is 0.725 bits per heavy atom. The standard InChI is InChI=1S/C26H52N14/c1-29-23-35-21(27)37-25(39-23)33-19-13-17-31-15-11-9-7-5-3-4-6-8-10-12-16-32-18-14-20-34-26-38-22(28)36-24(30-2)40-26/h31-32H,3-20H2,1-2H3,(H4,27,29,33,35,37,39)(H4,28,30,34,36,38,40). The van der Waals surface area contributed by atoms with Crippen LogP contribution >= 0.6 is 0 Å². The van der Waals surface area contributed by atoms with Crippen LogP contribution in [-0.2, 0) is 0 Å². The lowest BCUT2D eigenvalue weighted by molar-refractivity contribution is 0.532. The molecule has 0 bridgehead atoms. The van der Waals surface area contributed by atoms with Crippen LogP contribution in [0.4, 0.5) is 35.7 Å². The predicted molar refractivity (Wildman–Crippen MR) is 166 cm³/mol. The summed E-state index contributed by atoms with van der Waals surface area (Å²) in [6.45, 7) is 5.72. The van der Waals surface area contributed by atoms with Gasteiger partial charge in [0.1, 0.15) is 0 Å². The topological polar surface area (TPSA) is 202 Å². The van der Waals surface area contributed by atoms with Crippen molar-refractivity contribution in [2.24, 2.45) is 0 Å². The summed E-state index contributed by atoms with van der Waals surface area (Å²) in [5.74, 6) is 2.41. The molecule has 0 spiro atoms. The minimum atomic E-state index is 0.217. The molecule has 2 aromatic heterocycles. The first-order chi connectivity index (χ1) is 19.6. The molecule has 2 aromatic rings. The van der Waals surface area contributed by atoms with Gasteiger partial charge in [0.15, 0.2) is 0 Å². The van der Waals surface area contributed by atoms with Crippen LogP contribution in [0.15, 0.2) is 0 Å². The number of hydrogen-bond acceptors (Lipinski definition) is 14. The summed E-state index contributed by atoms with van der Waals surface area (Å²) in [7, 11) is 3.51. The van der Waals surface area contributed by atoms with E-state index in [4.69, 9.17) is 11.5 Å². The summed E-state index contributed by atoms with van der Waals surface area (Å²) in [4.78, 5) is 24.6. The number of nitrogens with two attached hydrogens (primary N) is 2. The lowest BCUT2D eigenvalue weighted by atomic mass is 10.1. The molecule has 14 nitrogen and oxygen atoms in total. The lowest BCUT2D eigenvalue weighted by Crippen LogP contribution is -2.20. The molecule has 0 aliphatic carbocycles. The SMILES string of the molecule is CNc1nc(N)nc(NCCCNCCCCCCCCCCCCNCCCNc2nc(N)nc(NC)n2)n1. The van der Waals surface area contributed by atoms with Gasteiger partial charge in [0.25, 0.3) is 0 Å². The van der Waals surface area contributed by atoms with Crippen molar-refractivity contribution in [3.8, 4) is 0 Å². The molecule has 0 aliphatic rings. The van der Waals surface area contributed by atoms with Crippen LogP contribution in [0.3, 0.4) is 0 Å². The highest BCUT2D eigenvalue weighted by molar-refractivity contribution is 5.40. The molecule has 10 N–H and O–H groups in total. The van der Waals surface area contributed by atoms with E-state index in [1.807, 2.05) is 0 Å². The molecule has 0 saturated heterocycles. The Bertz CT molecular complexity index is 839. The van der Waals surface area contributed by atoms with E-state index in [-0.39, 0.29) is 11.9 Å². The Balaban J connectivity index is 1.26. The van der Waals surface area contributed by atoms with E-state index in [1.165, 1.54) is 64.2 Å². The van der Waals surface area contributed by atoms with Crippen LogP contribution in [-0.4, -0.2) is 83.3 Å². The number of rotatable bonds is 25. The summed E-state index contributed by atoms with van der Waals surface area (Å²) >= 11 is 0. The Morgan fingerprint density at radius 1 is 0.400 bits per heavy atom. The lowest BCUT2D eigenvalue weighted by Gasteiger charge is -2.08. The maximum atomic E-state index is 5.67. The molecule has 0 atom stereocenters. The van der Waals surface area contributed by atoms with Crippen LogP contribution in [0.2, 0.25) is 0 Å². The molecule has 0 aromatic carbocycles. The second kappa shape index (κ2) is 21.5. The van der Waals surface area contributed by atoms with E-state index < -0.39 is 0 Å². The summed E-state index contributed by atoms with van der Waals surface area (Å²) in [6.07, 6.45) is 15.2. The zero-order valence-electron chi connectivity index (χ0n) is 24.6. The number of nitrogen functional groups attached to an aromatic ring is 2. The molecule has 2 heterocycles. The Labute approximate surface area is 239 Å². The van der Waals surface area contributed by atoms with Gasteiger partial charge < -0.3 is 43.4 Å². The number of anilines is 6. The molecular weight excluding hydrogens is 508 g/mol. The molecule has 0 amide bonds. The first-order valence-electron chi connectivity index (χ1n) is 14.9. The monoisotopic (exact) mass is 560 g/mol. The highest BCUT2D eigenvalue weighted by Gasteiger charge is 2.03. The Morgan fingerprint density at radius 3 is 1.10 bits per heavy atom. The number of hydrogen-bond donors (Lipinski definition) is 8. The van der Waals surface area contributed by atoms with Gasteiger partial charge in [0, 0.05) is 27.2 Å². The van der Waals surface area contributed by atoms with Gasteiger partial charge in [-0.1, -0.05) is 51.4 Å². The van der Waals surface area contributed by atoms with Crippen molar-refractivity contribution in [2.75, 3.05) is 86.1 Å². The molecular formula is C26H52N14. The summed E-state index contributed by atoms with van der Waals surface area (Å²) < 4.78 is 0. The third-order valence-electron chi connectivity index (χ3n) is 6.34. The molecule has 14 heteroatoms. The average molecular weight is 561 g/mol. The van der Waals surface area contributed by atoms with E-state index in [2.05, 4.69) is 61.8 Å². The predicted octanol–water partition coefficient (Wildman–Crippen LogP) is 2.69. The number of nitrogens with one attached hydrogen (secondary N) is 6. The van der Waals surface area contributed by atoms with Gasteiger partial charge in [0.05, 0.1) is 0 Å². The van der Waals surface area contributed by atoms with Crippen LogP contribution in [0.5, 0.6) is 0 Å². The highest BCUT2D eigenvalue weighted by atomic mass is 15.2. The largest absolute Gasteiger partial charge is 0.368 e. The molecule has 0 radical (unpaired) electrons. The second-order valence-corrected chi connectivity index (χ2v) is 9.78. The normalized spacial score (nSPS) is 10.9. The van der Waals surface area contributed by atoms with Crippen molar-refractivity contribution < 1.29 is 0 Å². The maximum Gasteiger partial charge on any atom is 0.229 e. The first kappa shape index (κ1) is 32.9. The van der Waals surface area contributed by atoms with E-state index in [9.17, 15) is 0 Å². The first-order valence-corrected chi connectivity index (χ1v) is 14.9. The van der Waals surface area contributed by atoms with Crippen molar-refractivity contribution in [3.05, 3.63) is 0 Å². The fraction of sp³-hybridized carbons (Fsp3) is 0.769. The maximum absolute atomic E-state index is 5.67. The summed E-state index contributed by atoms with van der Waals surface area (Å²) in [6, 6.07) is 0. The van der Waals surface area contributed by atoms with Gasteiger partial charge in [-0.2, -0.15) is 29.9 Å². The minimum absolute atomic E-state index is 0.217. The van der Waals surface area contributed by atoms with Gasteiger partial charge in [0.2, 0.25) is 35.7 Å². The summed E-state index contributed by atoms with van der Waals surface area (Å²) in [5, 5.41) is 19.2. The average Bonchev–Trinajstić information content (AvgIpc) is 2.95. The number of nitrogens with zero attached hydrogens (tertiary/aromatic N) is 6. The van der Waals surface area contributed by atoms with E-state index in [0.29, 0.717) is 23.8 Å². The number of aromatic nitrogens is 6. The minimum Gasteiger partial charge on any atom is -0.368 e. The molecule has 0 saturated carbocycles. The van der Waals surface area contributed by atoms with Crippen LogP contribution in [0.25, 0.3) is 0 Å². The van der Waals surface area contributed by atoms with Gasteiger partial charge >= 0.3 is 0 Å². The van der Waals surface area contributed by atoms with Crippen LogP contribution in [0.1, 0.15) is 77.0 Å². The molecule has 2 rings (SSSR count). The third-order valence-corrected chi connectivity index (χ3v) is 6.34. The fourth-order valence-electron chi connectivity index (χ4n) is 4.16. The van der Waals surface area contributed by atoms with E-state index >= 15 is 0 Å². The zero-order chi connectivity index (χ0) is 28.7. The van der Waals surface area contributed by atoms with Gasteiger partial charge in [-0.05, 0) is 51.9 Å². The zero-order valence-corrected chi connectivity index (χ0v) is 24.6. The molecule has 0 fully saturated rings. The Kier molecular flexibility index (Phi) is 17.8. The van der Waals surface area contributed by atoms with Crippen molar-refractivity contribution in [1.82, 2.24) is 40.5 Å². The molecule has 226 valence electrons. The number of unbranched alkanes of at least 4 members (excludes halogenated alkanes) is 9. The van der Waals surface area contributed by atoms with Crippen molar-refractivity contribution in [1.29, 1.82) is 0 Å². The van der Waals surface area contributed by atoms with Crippen LogP contribution < -0.4 is 43.4 Å². The Hall–Kier alpha value is -3.26. The second-order valence-electron chi connectivity index (χ2n) is 9.78. The van der Waals surface area contributed by atoms with Crippen molar-refractivity contribution in [2.45, 2.75) is 77.0 Å². The summed E-state index contributed by atoms with van der Waals surface area (Å²) in [5.41, 5.74) is 11.3. The van der Waals surface area contributed by atoms with Gasteiger partial charge in [-0.15, -0.1) is 0 Å². The van der Waals surface area contributed by atoms with Crippen LogP contribution in [0, 0.1) is 0 Å². The molecule has 0 unspecified atom stereocenters. The van der Waals surface area contributed by atoms with Gasteiger partial charge in [-0.3, -0.25) is 0 Å². The smallest absolute Gasteiger partial charge is 0.229 e. The molecule has 40 heavy (non-hydrogen) atoms. The third kappa shape index (κ3) is 16.0.